The third-order valence-corrected chi connectivity index (χ3v) is 5.78. The molecule has 0 aliphatic rings. The monoisotopic (exact) mass is 420 g/mol. The largest absolute Gasteiger partial charge is 0.298 e. The summed E-state index contributed by atoms with van der Waals surface area (Å²) in [5.74, 6) is 0.715. The average molecular weight is 421 g/mol. The van der Waals surface area contributed by atoms with Crippen molar-refractivity contribution in [3.63, 3.8) is 0 Å². The third-order valence-electron chi connectivity index (χ3n) is 3.55. The molecule has 2 aromatic heterocycles. The molecule has 0 amide bonds. The Bertz CT molecular complexity index is 998. The van der Waals surface area contributed by atoms with E-state index in [1.54, 1.807) is 30.3 Å². The predicted molar refractivity (Wildman–Crippen MR) is 107 cm³/mol. The van der Waals surface area contributed by atoms with Crippen LogP contribution in [0.5, 0.6) is 0 Å². The van der Waals surface area contributed by atoms with Crippen molar-refractivity contribution in [1.29, 1.82) is 0 Å². The first-order chi connectivity index (χ1) is 13.0. The lowest BCUT2D eigenvalue weighted by Crippen LogP contribution is -2.04. The van der Waals surface area contributed by atoms with Gasteiger partial charge in [-0.05, 0) is 24.3 Å². The van der Waals surface area contributed by atoms with E-state index in [1.165, 1.54) is 35.2 Å². The fourth-order valence-electron chi connectivity index (χ4n) is 2.30. The van der Waals surface area contributed by atoms with Gasteiger partial charge in [-0.25, -0.2) is 0 Å². The van der Waals surface area contributed by atoms with E-state index in [1.807, 2.05) is 4.57 Å². The molecule has 138 valence electrons. The van der Waals surface area contributed by atoms with E-state index >= 15 is 0 Å². The Balaban J connectivity index is 1.81. The number of non-ortho nitro benzene ring substituents is 1. The van der Waals surface area contributed by atoms with Crippen molar-refractivity contribution in [2.24, 2.45) is 0 Å². The molecule has 0 saturated heterocycles. The van der Waals surface area contributed by atoms with Gasteiger partial charge in [0.15, 0.2) is 16.8 Å². The molecule has 7 nitrogen and oxygen atoms in total. The summed E-state index contributed by atoms with van der Waals surface area (Å²) in [5, 5.41) is 19.7. The Hall–Kier alpha value is -2.49. The Kier molecular flexibility index (Phi) is 6.04. The maximum absolute atomic E-state index is 12.3. The molecule has 0 fully saturated rings. The highest BCUT2D eigenvalue weighted by molar-refractivity contribution is 7.99. The number of halogens is 1. The standard InChI is InChI=1S/C17H13ClN4O3S2/c1-2-9-21-16(11-3-5-12(6-4-11)22(24)25)19-20-17(21)26-10-13(23)14-7-8-15(18)27-14/h2-8H,1,9-10H2. The lowest BCUT2D eigenvalue weighted by molar-refractivity contribution is -0.384. The molecule has 0 atom stereocenters. The Morgan fingerprint density at radius 3 is 2.63 bits per heavy atom. The number of rotatable bonds is 8. The molecule has 0 N–H and O–H groups in total. The number of thiophene rings is 1. The Morgan fingerprint density at radius 2 is 2.04 bits per heavy atom. The molecular weight excluding hydrogens is 408 g/mol. The summed E-state index contributed by atoms with van der Waals surface area (Å²) in [7, 11) is 0. The number of carbonyl (C=O) groups is 1. The summed E-state index contributed by atoms with van der Waals surface area (Å²) in [6.07, 6.45) is 1.70. The number of aromatic nitrogens is 3. The number of nitro benzene ring substituents is 1. The first kappa shape index (κ1) is 19.3. The molecule has 2 heterocycles. The molecule has 1 aromatic carbocycles. The van der Waals surface area contributed by atoms with Gasteiger partial charge in [0.2, 0.25) is 0 Å². The number of allylic oxidation sites excluding steroid dienone is 1. The number of thioether (sulfide) groups is 1. The van der Waals surface area contributed by atoms with Crippen LogP contribution in [0.25, 0.3) is 11.4 Å². The molecule has 0 saturated carbocycles. The summed E-state index contributed by atoms with van der Waals surface area (Å²) in [5.41, 5.74) is 0.696. The van der Waals surface area contributed by atoms with Crippen LogP contribution in [0.4, 0.5) is 5.69 Å². The quantitative estimate of drug-likeness (QED) is 0.172. The lowest BCUT2D eigenvalue weighted by atomic mass is 10.2. The number of nitro groups is 1. The molecule has 0 aliphatic carbocycles. The van der Waals surface area contributed by atoms with Gasteiger partial charge in [-0.3, -0.25) is 19.5 Å². The molecule has 10 heteroatoms. The molecule has 0 bridgehead atoms. The summed E-state index contributed by atoms with van der Waals surface area (Å²) in [6, 6.07) is 9.46. The molecule has 0 unspecified atom stereocenters. The zero-order valence-electron chi connectivity index (χ0n) is 13.9. The maximum atomic E-state index is 12.3. The van der Waals surface area contributed by atoms with Crippen molar-refractivity contribution >= 4 is 46.2 Å². The number of ketones is 1. The molecule has 3 rings (SSSR count). The van der Waals surface area contributed by atoms with Gasteiger partial charge in [0.05, 0.1) is 19.9 Å². The minimum absolute atomic E-state index is 0.00309. The van der Waals surface area contributed by atoms with Crippen LogP contribution in [-0.4, -0.2) is 31.2 Å². The normalized spacial score (nSPS) is 10.7. The van der Waals surface area contributed by atoms with Crippen molar-refractivity contribution in [1.82, 2.24) is 14.8 Å². The van der Waals surface area contributed by atoms with Gasteiger partial charge in [0, 0.05) is 24.2 Å². The predicted octanol–water partition coefficient (Wildman–Crippen LogP) is 4.73. The Morgan fingerprint density at radius 1 is 1.30 bits per heavy atom. The summed E-state index contributed by atoms with van der Waals surface area (Å²) in [4.78, 5) is 23.2. The van der Waals surface area contributed by atoms with Crippen LogP contribution in [0.3, 0.4) is 0 Å². The van der Waals surface area contributed by atoms with Crippen LogP contribution in [-0.2, 0) is 6.54 Å². The fraction of sp³-hybridized carbons (Fsp3) is 0.118. The number of nitrogens with zero attached hydrogens (tertiary/aromatic N) is 4. The van der Waals surface area contributed by atoms with Crippen LogP contribution in [0.2, 0.25) is 4.34 Å². The second-order valence-corrected chi connectivity index (χ2v) is 7.98. The highest BCUT2D eigenvalue weighted by Crippen LogP contribution is 2.28. The van der Waals surface area contributed by atoms with E-state index in [2.05, 4.69) is 16.8 Å². The molecule has 3 aromatic rings. The number of hydrogen-bond acceptors (Lipinski definition) is 7. The minimum Gasteiger partial charge on any atom is -0.298 e. The second kappa shape index (κ2) is 8.47. The van der Waals surface area contributed by atoms with E-state index in [9.17, 15) is 14.9 Å². The van der Waals surface area contributed by atoms with Gasteiger partial charge in [0.1, 0.15) is 0 Å². The highest BCUT2D eigenvalue weighted by Gasteiger charge is 2.17. The fourth-order valence-corrected chi connectivity index (χ4v) is 4.20. The smallest absolute Gasteiger partial charge is 0.269 e. The van der Waals surface area contributed by atoms with Gasteiger partial charge < -0.3 is 0 Å². The molecule has 27 heavy (non-hydrogen) atoms. The van der Waals surface area contributed by atoms with E-state index in [-0.39, 0.29) is 17.2 Å². The number of Topliss-reactive ketones (excluding diaryl/α,β-unsaturated/α-hetero) is 1. The van der Waals surface area contributed by atoms with Gasteiger partial charge in [0.25, 0.3) is 5.69 Å². The first-order valence-electron chi connectivity index (χ1n) is 7.70. The molecule has 0 aliphatic heterocycles. The average Bonchev–Trinajstić information content (AvgIpc) is 3.27. The summed E-state index contributed by atoms with van der Waals surface area (Å²) >= 11 is 8.38. The third kappa shape index (κ3) is 4.44. The van der Waals surface area contributed by atoms with Gasteiger partial charge in [-0.1, -0.05) is 29.4 Å². The van der Waals surface area contributed by atoms with Gasteiger partial charge >= 0.3 is 0 Å². The first-order valence-corrected chi connectivity index (χ1v) is 9.88. The van der Waals surface area contributed by atoms with Crippen LogP contribution >= 0.6 is 34.7 Å². The van der Waals surface area contributed by atoms with Gasteiger partial charge in [-0.2, -0.15) is 0 Å². The van der Waals surface area contributed by atoms with E-state index in [4.69, 9.17) is 11.6 Å². The van der Waals surface area contributed by atoms with Crippen LogP contribution in [0.1, 0.15) is 9.67 Å². The lowest BCUT2D eigenvalue weighted by Gasteiger charge is -2.07. The SMILES string of the molecule is C=CCn1c(SCC(=O)c2ccc(Cl)s2)nnc1-c1ccc([N+](=O)[O-])cc1. The molecular formula is C17H13ClN4O3S2. The summed E-state index contributed by atoms with van der Waals surface area (Å²) < 4.78 is 2.38. The molecule has 0 spiro atoms. The number of benzene rings is 1. The number of hydrogen-bond donors (Lipinski definition) is 0. The Labute approximate surface area is 167 Å². The van der Waals surface area contributed by atoms with Crippen LogP contribution < -0.4 is 0 Å². The van der Waals surface area contributed by atoms with Gasteiger partial charge in [-0.15, -0.1) is 28.1 Å². The highest BCUT2D eigenvalue weighted by atomic mass is 35.5. The van der Waals surface area contributed by atoms with E-state index in [0.29, 0.717) is 32.3 Å². The zero-order valence-corrected chi connectivity index (χ0v) is 16.3. The van der Waals surface area contributed by atoms with Crippen LogP contribution in [0.15, 0.2) is 54.2 Å². The van der Waals surface area contributed by atoms with E-state index in [0.717, 1.165) is 0 Å². The second-order valence-electron chi connectivity index (χ2n) is 5.33. The van der Waals surface area contributed by atoms with Crippen molar-refractivity contribution in [2.75, 3.05) is 5.75 Å². The molecule has 0 radical (unpaired) electrons. The number of carbonyl (C=O) groups excluding carboxylic acids is 1. The van der Waals surface area contributed by atoms with Crippen molar-refractivity contribution in [3.8, 4) is 11.4 Å². The summed E-state index contributed by atoms with van der Waals surface area (Å²) in [6.45, 7) is 4.18. The van der Waals surface area contributed by atoms with Crippen molar-refractivity contribution in [3.05, 3.63) is 68.4 Å². The maximum Gasteiger partial charge on any atom is 0.269 e. The topological polar surface area (TPSA) is 90.9 Å². The minimum atomic E-state index is -0.456. The van der Waals surface area contributed by atoms with Crippen molar-refractivity contribution in [2.45, 2.75) is 11.7 Å². The van der Waals surface area contributed by atoms with Crippen LogP contribution in [0, 0.1) is 10.1 Å². The van der Waals surface area contributed by atoms with E-state index < -0.39 is 4.92 Å². The van der Waals surface area contributed by atoms with Crippen molar-refractivity contribution < 1.29 is 9.72 Å². The zero-order chi connectivity index (χ0) is 19.4.